The molecule has 0 atom stereocenters. The van der Waals surface area contributed by atoms with Gasteiger partial charge in [-0.2, -0.15) is 4.57 Å². The van der Waals surface area contributed by atoms with Crippen molar-refractivity contribution in [2.24, 2.45) is 5.14 Å². The maximum absolute atomic E-state index is 11.5. The molecule has 0 aliphatic rings. The zero-order valence-corrected chi connectivity index (χ0v) is 21.4. The van der Waals surface area contributed by atoms with Crippen molar-refractivity contribution in [3.63, 3.8) is 0 Å². The van der Waals surface area contributed by atoms with Gasteiger partial charge in [0.2, 0.25) is 10.0 Å². The number of aryl methyl sites for hydroxylation is 3. The molecule has 0 aliphatic heterocycles. The Labute approximate surface area is 209 Å². The van der Waals surface area contributed by atoms with Crippen LogP contribution in [0.4, 0.5) is 0 Å². The maximum Gasteiger partial charge on any atom is 0.238 e. The van der Waals surface area contributed by atoms with Gasteiger partial charge in [-0.05, 0) is 41.7 Å². The van der Waals surface area contributed by atoms with Crippen LogP contribution in [0.25, 0.3) is 11.1 Å². The largest absolute Gasteiger partial charge is 0.238 e. The lowest BCUT2D eigenvalue weighted by molar-refractivity contribution is -2.00. The molecule has 0 bridgehead atoms. The molecule has 0 saturated carbocycles. The Hall–Kier alpha value is -2.37. The van der Waals surface area contributed by atoms with Crippen LogP contribution in [-0.4, -0.2) is 8.42 Å². The highest BCUT2D eigenvalue weighted by molar-refractivity contribution is 7.89. The van der Waals surface area contributed by atoms with Crippen LogP contribution in [-0.2, 0) is 35.8 Å². The number of halogens is 1. The average Bonchev–Trinajstić information content (AvgIpc) is 2.78. The molecule has 0 radical (unpaired) electrons. The highest BCUT2D eigenvalue weighted by Gasteiger charge is 2.19. The summed E-state index contributed by atoms with van der Waals surface area (Å²) in [4.78, 5) is 0.157. The van der Waals surface area contributed by atoms with Crippen LogP contribution in [0.3, 0.4) is 0 Å². The summed E-state index contributed by atoms with van der Waals surface area (Å²) < 4.78 is 59.4. The van der Waals surface area contributed by atoms with E-state index < -0.39 is 20.3 Å². The minimum Gasteiger partial charge on any atom is -0.225 e. The van der Waals surface area contributed by atoms with Crippen molar-refractivity contribution < 1.29 is 41.9 Å². The van der Waals surface area contributed by atoms with Gasteiger partial charge in [0, 0.05) is 31.4 Å². The number of sulfonamides is 1. The second kappa shape index (κ2) is 13.1. The molecule has 3 rings (SSSR count). The fraction of sp³-hybridized carbons (Fsp3) is 0.320. The van der Waals surface area contributed by atoms with Crippen LogP contribution in [0.15, 0.2) is 71.6 Å². The van der Waals surface area contributed by atoms with Gasteiger partial charge < -0.3 is 0 Å². The average molecular weight is 523 g/mol. The van der Waals surface area contributed by atoms with Gasteiger partial charge >= 0.3 is 0 Å². The SMILES string of the molecule is CCCc1cc(-c2ccccc2)cc(CCC)[n+]1CCc1ccc(S(N)(=O)=O)cc1.[O-][Cl+3]([O-])([O-])[O-]. The molecule has 1 heterocycles. The Balaban J connectivity index is 0.000000784. The third kappa shape index (κ3) is 10.0. The number of pyridine rings is 1. The van der Waals surface area contributed by atoms with Gasteiger partial charge in [0.1, 0.15) is 0 Å². The first-order valence-electron chi connectivity index (χ1n) is 11.3. The molecular weight excluding hydrogens is 492 g/mol. The molecule has 35 heavy (non-hydrogen) atoms. The Kier molecular flexibility index (Phi) is 10.8. The first kappa shape index (κ1) is 28.9. The number of nitrogens with two attached hydrogens (primary N) is 1. The molecule has 190 valence electrons. The van der Waals surface area contributed by atoms with Gasteiger partial charge in [0.25, 0.3) is 0 Å². The molecule has 0 amide bonds. The van der Waals surface area contributed by atoms with Crippen LogP contribution in [0.5, 0.6) is 0 Å². The van der Waals surface area contributed by atoms with Gasteiger partial charge in [0.05, 0.1) is 4.90 Å². The minimum absolute atomic E-state index is 0.157. The molecule has 10 heteroatoms. The standard InChI is InChI=1S/C25H31N2O2S.ClHO4/c1-3-8-23-18-22(21-10-6-5-7-11-21)19-24(9-4-2)27(23)17-16-20-12-14-25(15-13-20)30(26,28)29;2-1(3,4)5/h5-7,10-15,18-19H,3-4,8-9,16-17H2,1-2H3,(H2,26,28,29);(H,2,3,4,5)/q+1;/p-1. The number of rotatable bonds is 9. The third-order valence-corrected chi connectivity index (χ3v) is 6.26. The number of aromatic nitrogens is 1. The van der Waals surface area contributed by atoms with Gasteiger partial charge in [-0.3, -0.25) is 0 Å². The highest BCUT2D eigenvalue weighted by atomic mass is 35.7. The summed E-state index contributed by atoms with van der Waals surface area (Å²) in [6.45, 7) is 5.30. The van der Waals surface area contributed by atoms with Crippen LogP contribution < -0.4 is 28.3 Å². The molecule has 0 fully saturated rings. The van der Waals surface area contributed by atoms with Crippen LogP contribution in [0.2, 0.25) is 0 Å². The lowest BCUT2D eigenvalue weighted by atomic mass is 10.0. The number of nitrogens with zero attached hydrogens (tertiary/aromatic N) is 1. The van der Waals surface area contributed by atoms with E-state index in [1.165, 1.54) is 22.5 Å². The number of hydrogen-bond donors (Lipinski definition) is 1. The smallest absolute Gasteiger partial charge is 0.225 e. The van der Waals surface area contributed by atoms with E-state index in [0.717, 1.165) is 44.2 Å². The molecule has 0 aliphatic carbocycles. The first-order chi connectivity index (χ1) is 16.4. The Bertz CT molecular complexity index is 1150. The fourth-order valence-corrected chi connectivity index (χ4v) is 4.35. The van der Waals surface area contributed by atoms with E-state index in [9.17, 15) is 8.42 Å². The van der Waals surface area contributed by atoms with Gasteiger partial charge in [-0.15, -0.1) is 10.2 Å². The lowest BCUT2D eigenvalue weighted by Crippen LogP contribution is -2.68. The highest BCUT2D eigenvalue weighted by Crippen LogP contribution is 2.21. The summed E-state index contributed by atoms with van der Waals surface area (Å²) in [5.41, 5.74) is 6.33. The molecule has 2 aromatic carbocycles. The molecule has 0 spiro atoms. The van der Waals surface area contributed by atoms with Crippen molar-refractivity contribution in [2.75, 3.05) is 0 Å². The van der Waals surface area contributed by atoms with E-state index >= 15 is 0 Å². The van der Waals surface area contributed by atoms with Crippen LogP contribution in [0, 0.1) is 10.2 Å². The van der Waals surface area contributed by atoms with E-state index in [0.29, 0.717) is 0 Å². The molecule has 0 saturated heterocycles. The normalized spacial score (nSPS) is 11.6. The quantitative estimate of drug-likeness (QED) is 0.379. The summed E-state index contributed by atoms with van der Waals surface area (Å²) >= 11 is 0. The topological polar surface area (TPSA) is 156 Å². The molecule has 0 unspecified atom stereocenters. The molecule has 1 aromatic heterocycles. The second-order valence-electron chi connectivity index (χ2n) is 8.06. The minimum atomic E-state index is -4.94. The number of hydrogen-bond acceptors (Lipinski definition) is 6. The summed E-state index contributed by atoms with van der Waals surface area (Å²) in [6, 6.07) is 22.1. The summed E-state index contributed by atoms with van der Waals surface area (Å²) in [7, 11) is -8.60. The van der Waals surface area contributed by atoms with E-state index in [-0.39, 0.29) is 4.90 Å². The maximum atomic E-state index is 11.5. The number of primary sulfonamides is 1. The predicted molar refractivity (Wildman–Crippen MR) is 122 cm³/mol. The van der Waals surface area contributed by atoms with Crippen LogP contribution in [0.1, 0.15) is 43.6 Å². The molecule has 8 nitrogen and oxygen atoms in total. The predicted octanol–water partition coefficient (Wildman–Crippen LogP) is -0.320. The summed E-state index contributed by atoms with van der Waals surface area (Å²) in [6.07, 6.45) is 5.08. The van der Waals surface area contributed by atoms with E-state index in [4.69, 9.17) is 23.8 Å². The van der Waals surface area contributed by atoms with E-state index in [2.05, 4.69) is 54.8 Å². The molecule has 2 N–H and O–H groups in total. The zero-order chi connectivity index (χ0) is 26.1. The molecular formula is C25H31ClN2O6S. The van der Waals surface area contributed by atoms with Crippen molar-refractivity contribution in [3.05, 3.63) is 83.7 Å². The van der Waals surface area contributed by atoms with Crippen molar-refractivity contribution in [2.45, 2.75) is 57.4 Å². The lowest BCUT2D eigenvalue weighted by Gasteiger charge is -2.17. The van der Waals surface area contributed by atoms with Crippen LogP contribution >= 0.6 is 0 Å². The Morgan fingerprint density at radius 2 is 1.26 bits per heavy atom. The fourth-order valence-electron chi connectivity index (χ4n) is 3.84. The van der Waals surface area contributed by atoms with Crippen molar-refractivity contribution in [1.82, 2.24) is 0 Å². The summed E-state index contributed by atoms with van der Waals surface area (Å²) in [5, 5.41) is 5.21. The van der Waals surface area contributed by atoms with E-state index in [1.807, 2.05) is 18.2 Å². The Morgan fingerprint density at radius 3 is 1.69 bits per heavy atom. The first-order valence-corrected chi connectivity index (χ1v) is 14.0. The Morgan fingerprint density at radius 1 is 0.771 bits per heavy atom. The van der Waals surface area contributed by atoms with Gasteiger partial charge in [-0.25, -0.2) is 32.2 Å². The number of benzene rings is 2. The van der Waals surface area contributed by atoms with Crippen molar-refractivity contribution in [1.29, 1.82) is 0 Å². The second-order valence-corrected chi connectivity index (χ2v) is 10.4. The summed E-state index contributed by atoms with van der Waals surface area (Å²) in [5.74, 6) is 0. The van der Waals surface area contributed by atoms with Gasteiger partial charge in [0.15, 0.2) is 17.9 Å². The van der Waals surface area contributed by atoms with E-state index in [1.54, 1.807) is 12.1 Å². The third-order valence-electron chi connectivity index (χ3n) is 5.33. The van der Waals surface area contributed by atoms with Crippen molar-refractivity contribution >= 4 is 10.0 Å². The van der Waals surface area contributed by atoms with Gasteiger partial charge in [-0.1, -0.05) is 56.3 Å². The zero-order valence-electron chi connectivity index (χ0n) is 19.9. The monoisotopic (exact) mass is 522 g/mol. The molecule has 3 aromatic rings. The van der Waals surface area contributed by atoms with Crippen molar-refractivity contribution in [3.8, 4) is 11.1 Å².